The highest BCUT2D eigenvalue weighted by molar-refractivity contribution is 5.78. The monoisotopic (exact) mass is 254 g/mol. The molecular formula is C15H30N2O. The number of carbonyl (C=O) groups excluding carboxylic acids is 1. The summed E-state index contributed by atoms with van der Waals surface area (Å²) in [5.41, 5.74) is -0.0878. The van der Waals surface area contributed by atoms with E-state index in [4.69, 9.17) is 0 Å². The van der Waals surface area contributed by atoms with E-state index in [0.717, 1.165) is 12.3 Å². The van der Waals surface area contributed by atoms with E-state index in [0.29, 0.717) is 12.6 Å². The van der Waals surface area contributed by atoms with E-state index in [1.54, 1.807) is 0 Å². The molecule has 0 saturated heterocycles. The predicted octanol–water partition coefficient (Wildman–Crippen LogP) is 2.85. The largest absolute Gasteiger partial charge is 0.350 e. The zero-order valence-corrected chi connectivity index (χ0v) is 12.5. The molecule has 18 heavy (non-hydrogen) atoms. The molecule has 0 radical (unpaired) electrons. The molecule has 2 unspecified atom stereocenters. The number of hydrogen-bond acceptors (Lipinski definition) is 2. The van der Waals surface area contributed by atoms with E-state index in [2.05, 4.69) is 38.3 Å². The van der Waals surface area contributed by atoms with Gasteiger partial charge in [0, 0.05) is 11.6 Å². The number of nitrogens with one attached hydrogen (secondary N) is 2. The van der Waals surface area contributed by atoms with Crippen molar-refractivity contribution >= 4 is 5.91 Å². The Morgan fingerprint density at radius 1 is 1.22 bits per heavy atom. The highest BCUT2D eigenvalue weighted by atomic mass is 16.2. The first-order chi connectivity index (χ1) is 8.48. The quantitative estimate of drug-likeness (QED) is 0.765. The summed E-state index contributed by atoms with van der Waals surface area (Å²) in [5.74, 6) is 0.882. The first-order valence-corrected chi connectivity index (χ1v) is 7.53. The zero-order valence-electron chi connectivity index (χ0n) is 12.5. The van der Waals surface area contributed by atoms with Gasteiger partial charge in [0.15, 0.2) is 0 Å². The van der Waals surface area contributed by atoms with Crippen molar-refractivity contribution in [3.8, 4) is 0 Å². The maximum Gasteiger partial charge on any atom is 0.234 e. The molecule has 0 bridgehead atoms. The third-order valence-corrected chi connectivity index (χ3v) is 4.32. The van der Waals surface area contributed by atoms with E-state index in [9.17, 15) is 4.79 Å². The van der Waals surface area contributed by atoms with Crippen LogP contribution in [0, 0.1) is 5.92 Å². The van der Waals surface area contributed by atoms with Gasteiger partial charge >= 0.3 is 0 Å². The summed E-state index contributed by atoms with van der Waals surface area (Å²) in [5, 5.41) is 6.53. The van der Waals surface area contributed by atoms with E-state index in [-0.39, 0.29) is 11.4 Å². The summed E-state index contributed by atoms with van der Waals surface area (Å²) < 4.78 is 0. The van der Waals surface area contributed by atoms with Crippen LogP contribution in [-0.4, -0.2) is 24.0 Å². The summed E-state index contributed by atoms with van der Waals surface area (Å²) in [6, 6.07) is 0.541. The second-order valence-corrected chi connectivity index (χ2v) is 6.23. The normalized spacial score (nSPS) is 24.9. The fourth-order valence-electron chi connectivity index (χ4n) is 2.70. The number of carbonyl (C=O) groups is 1. The van der Waals surface area contributed by atoms with Gasteiger partial charge in [0.25, 0.3) is 0 Å². The van der Waals surface area contributed by atoms with Crippen LogP contribution in [0.15, 0.2) is 0 Å². The van der Waals surface area contributed by atoms with Gasteiger partial charge in [-0.15, -0.1) is 0 Å². The van der Waals surface area contributed by atoms with Crippen LogP contribution in [0.1, 0.15) is 66.2 Å². The molecule has 0 aliphatic heterocycles. The molecule has 1 fully saturated rings. The number of hydrogen-bond donors (Lipinski definition) is 2. The van der Waals surface area contributed by atoms with Crippen molar-refractivity contribution in [3.63, 3.8) is 0 Å². The molecule has 106 valence electrons. The van der Waals surface area contributed by atoms with Crippen molar-refractivity contribution in [3.05, 3.63) is 0 Å². The van der Waals surface area contributed by atoms with Crippen molar-refractivity contribution in [1.82, 2.24) is 10.6 Å². The first kappa shape index (κ1) is 15.5. The minimum absolute atomic E-state index is 0.0878. The van der Waals surface area contributed by atoms with E-state index < -0.39 is 0 Å². The minimum Gasteiger partial charge on any atom is -0.350 e. The van der Waals surface area contributed by atoms with Crippen molar-refractivity contribution in [2.75, 3.05) is 6.54 Å². The fourth-order valence-corrected chi connectivity index (χ4v) is 2.70. The Labute approximate surface area is 112 Å². The molecule has 1 saturated carbocycles. The smallest absolute Gasteiger partial charge is 0.234 e. The average Bonchev–Trinajstić information content (AvgIpc) is 2.36. The van der Waals surface area contributed by atoms with Crippen molar-refractivity contribution < 1.29 is 4.79 Å². The maximum absolute atomic E-state index is 11.9. The Hall–Kier alpha value is -0.570. The van der Waals surface area contributed by atoms with Gasteiger partial charge in [0.1, 0.15) is 0 Å². The van der Waals surface area contributed by atoms with Crippen LogP contribution < -0.4 is 10.6 Å². The summed E-state index contributed by atoms with van der Waals surface area (Å²) in [7, 11) is 0. The molecule has 0 aromatic rings. The Morgan fingerprint density at radius 3 is 2.50 bits per heavy atom. The van der Waals surface area contributed by atoms with E-state index >= 15 is 0 Å². The summed E-state index contributed by atoms with van der Waals surface area (Å²) in [6.07, 6.45) is 7.38. The van der Waals surface area contributed by atoms with Crippen LogP contribution in [0.25, 0.3) is 0 Å². The number of amides is 1. The SMILES string of the molecule is CCC1CCCCC1NCC(=O)NC(C)(C)CC. The Balaban J connectivity index is 2.33. The molecule has 0 aromatic heterocycles. The lowest BCUT2D eigenvalue weighted by atomic mass is 9.83. The van der Waals surface area contributed by atoms with Crippen LogP contribution in [0.3, 0.4) is 0 Å². The molecule has 2 atom stereocenters. The van der Waals surface area contributed by atoms with Gasteiger partial charge in [-0.3, -0.25) is 4.79 Å². The molecule has 1 amide bonds. The van der Waals surface area contributed by atoms with Crippen LogP contribution in [0.4, 0.5) is 0 Å². The van der Waals surface area contributed by atoms with Crippen molar-refractivity contribution in [2.45, 2.75) is 77.8 Å². The predicted molar refractivity (Wildman–Crippen MR) is 76.6 cm³/mol. The van der Waals surface area contributed by atoms with Gasteiger partial charge in [-0.1, -0.05) is 33.1 Å². The fraction of sp³-hybridized carbons (Fsp3) is 0.933. The highest BCUT2D eigenvalue weighted by Gasteiger charge is 2.24. The lowest BCUT2D eigenvalue weighted by molar-refractivity contribution is -0.122. The lowest BCUT2D eigenvalue weighted by Crippen LogP contribution is -2.49. The zero-order chi connectivity index (χ0) is 13.6. The van der Waals surface area contributed by atoms with Gasteiger partial charge < -0.3 is 10.6 Å². The number of rotatable bonds is 6. The second-order valence-electron chi connectivity index (χ2n) is 6.23. The molecule has 1 aliphatic carbocycles. The molecule has 0 spiro atoms. The van der Waals surface area contributed by atoms with Gasteiger partial charge in [-0.05, 0) is 39.0 Å². The summed E-state index contributed by atoms with van der Waals surface area (Å²) in [4.78, 5) is 11.9. The summed E-state index contributed by atoms with van der Waals surface area (Å²) >= 11 is 0. The van der Waals surface area contributed by atoms with Gasteiger partial charge in [0.05, 0.1) is 6.54 Å². The molecule has 1 rings (SSSR count). The molecule has 2 N–H and O–H groups in total. The third-order valence-electron chi connectivity index (χ3n) is 4.32. The molecule has 0 heterocycles. The molecule has 3 heteroatoms. The van der Waals surface area contributed by atoms with Gasteiger partial charge in [-0.25, -0.2) is 0 Å². The maximum atomic E-state index is 11.9. The third kappa shape index (κ3) is 4.97. The van der Waals surface area contributed by atoms with Crippen LogP contribution >= 0.6 is 0 Å². The Bertz CT molecular complexity index is 263. The van der Waals surface area contributed by atoms with E-state index in [1.807, 2.05) is 0 Å². The average molecular weight is 254 g/mol. The lowest BCUT2D eigenvalue weighted by Gasteiger charge is -2.32. The van der Waals surface area contributed by atoms with Crippen molar-refractivity contribution in [1.29, 1.82) is 0 Å². The van der Waals surface area contributed by atoms with Gasteiger partial charge in [-0.2, -0.15) is 0 Å². The topological polar surface area (TPSA) is 41.1 Å². The van der Waals surface area contributed by atoms with Gasteiger partial charge in [0.2, 0.25) is 5.91 Å². The molecular weight excluding hydrogens is 224 g/mol. The second kappa shape index (κ2) is 7.13. The Kier molecular flexibility index (Phi) is 6.13. The summed E-state index contributed by atoms with van der Waals surface area (Å²) in [6.45, 7) is 8.96. The highest BCUT2D eigenvalue weighted by Crippen LogP contribution is 2.26. The first-order valence-electron chi connectivity index (χ1n) is 7.53. The molecule has 3 nitrogen and oxygen atoms in total. The van der Waals surface area contributed by atoms with Crippen LogP contribution in [-0.2, 0) is 4.79 Å². The molecule has 1 aliphatic rings. The Morgan fingerprint density at radius 2 is 1.89 bits per heavy atom. The molecule has 0 aromatic carbocycles. The van der Waals surface area contributed by atoms with E-state index in [1.165, 1.54) is 32.1 Å². The van der Waals surface area contributed by atoms with Crippen molar-refractivity contribution in [2.24, 2.45) is 5.92 Å². The minimum atomic E-state index is -0.0878. The van der Waals surface area contributed by atoms with Crippen LogP contribution in [0.2, 0.25) is 0 Å². The standard InChI is InChI=1S/C15H30N2O/c1-5-12-9-7-8-10-13(12)16-11-14(18)17-15(3,4)6-2/h12-13,16H,5-11H2,1-4H3,(H,17,18). The van der Waals surface area contributed by atoms with Crippen LogP contribution in [0.5, 0.6) is 0 Å².